The fraction of sp³-hybridized carbons (Fsp3) is 0.579. The van der Waals surface area contributed by atoms with Crippen LogP contribution in [-0.4, -0.2) is 36.7 Å². The van der Waals surface area contributed by atoms with Gasteiger partial charge in [0, 0.05) is 38.4 Å². The average Bonchev–Trinajstić information content (AvgIpc) is 2.47. The molecule has 1 fully saturated rings. The number of amides is 2. The highest BCUT2D eigenvalue weighted by molar-refractivity contribution is 5.93. The van der Waals surface area contributed by atoms with Gasteiger partial charge in [0.05, 0.1) is 11.4 Å². The van der Waals surface area contributed by atoms with Crippen LogP contribution in [0.5, 0.6) is 0 Å². The van der Waals surface area contributed by atoms with E-state index in [4.69, 9.17) is 4.74 Å². The summed E-state index contributed by atoms with van der Waals surface area (Å²) in [5.41, 5.74) is 2.69. The van der Waals surface area contributed by atoms with Gasteiger partial charge in [-0.15, -0.1) is 0 Å². The second-order valence-electron chi connectivity index (χ2n) is 7.67. The molecule has 0 saturated carbocycles. The number of ether oxygens (including phenoxy) is 1. The number of hydrogen-bond acceptors (Lipinski definition) is 4. The fourth-order valence-electron chi connectivity index (χ4n) is 2.90. The van der Waals surface area contributed by atoms with E-state index in [1.54, 1.807) is 0 Å². The van der Waals surface area contributed by atoms with E-state index in [1.807, 2.05) is 39.8 Å². The minimum Gasteiger partial charge on any atom is -0.446 e. The van der Waals surface area contributed by atoms with Crippen LogP contribution in [0.1, 0.15) is 46.1 Å². The number of anilines is 2. The SMILES string of the molecule is CC(=O)Nc1ccc(C)cc1N1CCC(OC(=O)NC(C)(C)C)CC1. The van der Waals surface area contributed by atoms with Crippen molar-refractivity contribution in [3.05, 3.63) is 23.8 Å². The minimum absolute atomic E-state index is 0.0763. The molecule has 1 saturated heterocycles. The number of piperidine rings is 1. The molecule has 1 aromatic carbocycles. The molecule has 0 aliphatic carbocycles. The minimum atomic E-state index is -0.361. The van der Waals surface area contributed by atoms with Crippen LogP contribution in [0.15, 0.2) is 18.2 Å². The summed E-state index contributed by atoms with van der Waals surface area (Å²) in [6, 6.07) is 6.01. The lowest BCUT2D eigenvalue weighted by molar-refractivity contribution is -0.114. The fourth-order valence-corrected chi connectivity index (χ4v) is 2.90. The van der Waals surface area contributed by atoms with Crippen LogP contribution in [0.3, 0.4) is 0 Å². The molecule has 6 nitrogen and oxygen atoms in total. The van der Waals surface area contributed by atoms with Gasteiger partial charge < -0.3 is 20.3 Å². The third-order valence-electron chi connectivity index (χ3n) is 4.00. The molecule has 1 aliphatic rings. The third-order valence-corrected chi connectivity index (χ3v) is 4.00. The van der Waals surface area contributed by atoms with Gasteiger partial charge in [0.2, 0.25) is 5.91 Å². The summed E-state index contributed by atoms with van der Waals surface area (Å²) in [7, 11) is 0. The zero-order valence-electron chi connectivity index (χ0n) is 15.8. The van der Waals surface area contributed by atoms with Gasteiger partial charge in [-0.05, 0) is 45.4 Å². The van der Waals surface area contributed by atoms with E-state index < -0.39 is 0 Å². The molecule has 6 heteroatoms. The quantitative estimate of drug-likeness (QED) is 0.878. The zero-order chi connectivity index (χ0) is 18.6. The van der Waals surface area contributed by atoms with Crippen LogP contribution in [0.2, 0.25) is 0 Å². The molecular formula is C19H29N3O3. The van der Waals surface area contributed by atoms with Crippen molar-refractivity contribution in [3.8, 4) is 0 Å². The first-order valence-corrected chi connectivity index (χ1v) is 8.76. The maximum atomic E-state index is 11.9. The number of hydrogen-bond donors (Lipinski definition) is 2. The normalized spacial score (nSPS) is 15.6. The first-order chi connectivity index (χ1) is 11.6. The lowest BCUT2D eigenvalue weighted by Crippen LogP contribution is -2.44. The van der Waals surface area contributed by atoms with Crippen LogP contribution in [0.25, 0.3) is 0 Å². The highest BCUT2D eigenvalue weighted by Crippen LogP contribution is 2.30. The topological polar surface area (TPSA) is 70.7 Å². The van der Waals surface area contributed by atoms with E-state index in [0.29, 0.717) is 0 Å². The average molecular weight is 347 g/mol. The maximum absolute atomic E-state index is 11.9. The molecule has 0 unspecified atom stereocenters. The van der Waals surface area contributed by atoms with Crippen LogP contribution in [0, 0.1) is 6.92 Å². The number of aryl methyl sites for hydroxylation is 1. The molecule has 1 aliphatic heterocycles. The Morgan fingerprint density at radius 2 is 1.84 bits per heavy atom. The Morgan fingerprint density at radius 1 is 1.20 bits per heavy atom. The Balaban J connectivity index is 1.97. The van der Waals surface area contributed by atoms with Crippen molar-refractivity contribution < 1.29 is 14.3 Å². The van der Waals surface area contributed by atoms with E-state index in [0.717, 1.165) is 42.9 Å². The Hall–Kier alpha value is -2.24. The molecule has 2 rings (SSSR count). The predicted molar refractivity (Wildman–Crippen MR) is 100 cm³/mol. The van der Waals surface area contributed by atoms with E-state index in [9.17, 15) is 9.59 Å². The Bertz CT molecular complexity index is 629. The second-order valence-corrected chi connectivity index (χ2v) is 7.67. The van der Waals surface area contributed by atoms with Crippen molar-refractivity contribution >= 4 is 23.4 Å². The first kappa shape index (κ1) is 19.1. The van der Waals surface area contributed by atoms with Gasteiger partial charge in [0.1, 0.15) is 6.10 Å². The standard InChI is InChI=1S/C19H29N3O3/c1-13-6-7-16(20-14(2)23)17(12-13)22-10-8-15(9-11-22)25-18(24)21-19(3,4)5/h6-7,12,15H,8-11H2,1-5H3,(H,20,23)(H,21,24). The number of alkyl carbamates (subject to hydrolysis) is 1. The molecule has 0 radical (unpaired) electrons. The Morgan fingerprint density at radius 3 is 2.40 bits per heavy atom. The zero-order valence-corrected chi connectivity index (χ0v) is 15.8. The Labute approximate surface area is 149 Å². The van der Waals surface area contributed by atoms with Crippen molar-refractivity contribution in [2.45, 2.75) is 59.1 Å². The summed E-state index contributed by atoms with van der Waals surface area (Å²) in [4.78, 5) is 25.6. The summed E-state index contributed by atoms with van der Waals surface area (Å²) >= 11 is 0. The molecule has 1 aromatic rings. The molecule has 0 aromatic heterocycles. The smallest absolute Gasteiger partial charge is 0.407 e. The first-order valence-electron chi connectivity index (χ1n) is 8.76. The molecule has 0 spiro atoms. The highest BCUT2D eigenvalue weighted by Gasteiger charge is 2.25. The number of nitrogens with zero attached hydrogens (tertiary/aromatic N) is 1. The summed E-state index contributed by atoms with van der Waals surface area (Å²) in [6.07, 6.45) is 1.10. The molecule has 25 heavy (non-hydrogen) atoms. The van der Waals surface area contributed by atoms with Gasteiger partial charge in [0.15, 0.2) is 0 Å². The largest absolute Gasteiger partial charge is 0.446 e. The Kier molecular flexibility index (Phi) is 5.93. The van der Waals surface area contributed by atoms with Crippen LogP contribution >= 0.6 is 0 Å². The summed E-state index contributed by atoms with van der Waals surface area (Å²) in [5, 5.41) is 5.72. The highest BCUT2D eigenvalue weighted by atomic mass is 16.6. The third kappa shape index (κ3) is 5.96. The van der Waals surface area contributed by atoms with Crippen LogP contribution < -0.4 is 15.5 Å². The van der Waals surface area contributed by atoms with Crippen molar-refractivity contribution in [3.63, 3.8) is 0 Å². The molecule has 138 valence electrons. The number of carbonyl (C=O) groups excluding carboxylic acids is 2. The van der Waals surface area contributed by atoms with Gasteiger partial charge in [-0.25, -0.2) is 4.79 Å². The van der Waals surface area contributed by atoms with Crippen LogP contribution in [0.4, 0.5) is 16.2 Å². The number of nitrogens with one attached hydrogen (secondary N) is 2. The van der Waals surface area contributed by atoms with Crippen molar-refractivity contribution in [2.75, 3.05) is 23.3 Å². The summed E-state index contributed by atoms with van der Waals surface area (Å²) in [5.74, 6) is -0.0813. The van der Waals surface area contributed by atoms with E-state index >= 15 is 0 Å². The molecule has 1 heterocycles. The van der Waals surface area contributed by atoms with E-state index in [-0.39, 0.29) is 23.6 Å². The summed E-state index contributed by atoms with van der Waals surface area (Å²) < 4.78 is 5.52. The molecule has 0 atom stereocenters. The maximum Gasteiger partial charge on any atom is 0.407 e. The van der Waals surface area contributed by atoms with Gasteiger partial charge in [-0.2, -0.15) is 0 Å². The predicted octanol–water partition coefficient (Wildman–Crippen LogP) is 3.45. The van der Waals surface area contributed by atoms with Gasteiger partial charge >= 0.3 is 6.09 Å². The number of carbonyl (C=O) groups is 2. The summed E-state index contributed by atoms with van der Waals surface area (Å²) in [6.45, 7) is 10.9. The lowest BCUT2D eigenvalue weighted by Gasteiger charge is -2.35. The number of benzene rings is 1. The monoisotopic (exact) mass is 347 g/mol. The van der Waals surface area contributed by atoms with Crippen molar-refractivity contribution in [2.24, 2.45) is 0 Å². The van der Waals surface area contributed by atoms with Crippen LogP contribution in [-0.2, 0) is 9.53 Å². The molecular weight excluding hydrogens is 318 g/mol. The van der Waals surface area contributed by atoms with Gasteiger partial charge in [0.25, 0.3) is 0 Å². The van der Waals surface area contributed by atoms with Crippen molar-refractivity contribution in [1.29, 1.82) is 0 Å². The molecule has 2 amide bonds. The lowest BCUT2D eigenvalue weighted by atomic mass is 10.1. The molecule has 2 N–H and O–H groups in total. The van der Waals surface area contributed by atoms with Gasteiger partial charge in [-0.1, -0.05) is 6.07 Å². The number of rotatable bonds is 3. The second kappa shape index (κ2) is 7.76. The van der Waals surface area contributed by atoms with Gasteiger partial charge in [-0.3, -0.25) is 4.79 Å². The van der Waals surface area contributed by atoms with E-state index in [1.165, 1.54) is 6.92 Å². The van der Waals surface area contributed by atoms with Crippen molar-refractivity contribution in [1.82, 2.24) is 5.32 Å². The van der Waals surface area contributed by atoms with E-state index in [2.05, 4.69) is 21.6 Å². The molecule has 0 bridgehead atoms.